The van der Waals surface area contributed by atoms with Gasteiger partial charge in [-0.2, -0.15) is 0 Å². The third kappa shape index (κ3) is 3.80. The minimum atomic E-state index is 0.322. The van der Waals surface area contributed by atoms with E-state index in [1.807, 2.05) is 0 Å². The smallest absolute Gasteiger partial charge is 0.0488 e. The van der Waals surface area contributed by atoms with Crippen molar-refractivity contribution in [1.29, 1.82) is 0 Å². The standard InChI is InChI=1S/C17H28N2/c1-3-4-14-7-11-16(12-8-14)17(19-18)15-9-5-13(2)6-10-15/h7-8,11-13,15,17,19H,3-6,9-10,18H2,1-2H3. The van der Waals surface area contributed by atoms with Gasteiger partial charge in [0.25, 0.3) is 0 Å². The van der Waals surface area contributed by atoms with Gasteiger partial charge in [-0.05, 0) is 42.2 Å². The highest BCUT2D eigenvalue weighted by Gasteiger charge is 2.26. The molecular weight excluding hydrogens is 232 g/mol. The van der Waals surface area contributed by atoms with Gasteiger partial charge in [-0.3, -0.25) is 11.3 Å². The molecule has 1 aliphatic carbocycles. The Hall–Kier alpha value is -0.860. The second-order valence-electron chi connectivity index (χ2n) is 6.16. The van der Waals surface area contributed by atoms with Crippen LogP contribution in [0.1, 0.15) is 63.1 Å². The van der Waals surface area contributed by atoms with E-state index in [0.717, 1.165) is 5.92 Å². The second-order valence-corrected chi connectivity index (χ2v) is 6.16. The molecular formula is C17H28N2. The summed E-state index contributed by atoms with van der Waals surface area (Å²) in [4.78, 5) is 0. The molecule has 1 atom stereocenters. The van der Waals surface area contributed by atoms with E-state index in [2.05, 4.69) is 43.5 Å². The first-order valence-corrected chi connectivity index (χ1v) is 7.79. The molecule has 106 valence electrons. The summed E-state index contributed by atoms with van der Waals surface area (Å²) >= 11 is 0. The van der Waals surface area contributed by atoms with E-state index >= 15 is 0 Å². The number of hydrogen-bond acceptors (Lipinski definition) is 2. The van der Waals surface area contributed by atoms with Crippen LogP contribution < -0.4 is 11.3 Å². The quantitative estimate of drug-likeness (QED) is 0.621. The van der Waals surface area contributed by atoms with Crippen molar-refractivity contribution in [2.24, 2.45) is 17.7 Å². The summed E-state index contributed by atoms with van der Waals surface area (Å²) in [6.07, 6.45) is 7.66. The van der Waals surface area contributed by atoms with Gasteiger partial charge in [-0.15, -0.1) is 0 Å². The lowest BCUT2D eigenvalue weighted by Gasteiger charge is -2.32. The predicted molar refractivity (Wildman–Crippen MR) is 81.6 cm³/mol. The zero-order chi connectivity index (χ0) is 13.7. The Balaban J connectivity index is 2.04. The molecule has 0 bridgehead atoms. The Kier molecular flexibility index (Phi) is 5.41. The van der Waals surface area contributed by atoms with Crippen molar-refractivity contribution >= 4 is 0 Å². The lowest BCUT2D eigenvalue weighted by atomic mass is 9.77. The molecule has 0 saturated heterocycles. The lowest BCUT2D eigenvalue weighted by Crippen LogP contribution is -2.35. The summed E-state index contributed by atoms with van der Waals surface area (Å²) in [5.41, 5.74) is 5.83. The summed E-state index contributed by atoms with van der Waals surface area (Å²) in [6, 6.07) is 9.35. The van der Waals surface area contributed by atoms with Crippen LogP contribution in [0, 0.1) is 11.8 Å². The fraction of sp³-hybridized carbons (Fsp3) is 0.647. The van der Waals surface area contributed by atoms with Crippen molar-refractivity contribution in [2.75, 3.05) is 0 Å². The van der Waals surface area contributed by atoms with Crippen molar-refractivity contribution in [3.63, 3.8) is 0 Å². The maximum absolute atomic E-state index is 5.82. The Morgan fingerprint density at radius 2 is 1.79 bits per heavy atom. The van der Waals surface area contributed by atoms with Crippen LogP contribution >= 0.6 is 0 Å². The van der Waals surface area contributed by atoms with Gasteiger partial charge in [0.05, 0.1) is 0 Å². The highest BCUT2D eigenvalue weighted by atomic mass is 15.2. The molecule has 1 saturated carbocycles. The Bertz CT molecular complexity index is 363. The first-order valence-electron chi connectivity index (χ1n) is 7.79. The van der Waals surface area contributed by atoms with Gasteiger partial charge in [0.2, 0.25) is 0 Å². The zero-order valence-corrected chi connectivity index (χ0v) is 12.4. The number of nitrogens with one attached hydrogen (secondary N) is 1. The molecule has 1 fully saturated rings. The van der Waals surface area contributed by atoms with E-state index in [-0.39, 0.29) is 0 Å². The number of benzene rings is 1. The molecule has 0 aliphatic heterocycles. The Morgan fingerprint density at radius 3 is 2.32 bits per heavy atom. The summed E-state index contributed by atoms with van der Waals surface area (Å²) < 4.78 is 0. The first kappa shape index (κ1) is 14.5. The molecule has 19 heavy (non-hydrogen) atoms. The minimum Gasteiger partial charge on any atom is -0.271 e. The van der Waals surface area contributed by atoms with Crippen LogP contribution in [0.3, 0.4) is 0 Å². The predicted octanol–water partition coefficient (Wildman–Crippen LogP) is 3.97. The van der Waals surface area contributed by atoms with Gasteiger partial charge in [0.1, 0.15) is 0 Å². The van der Waals surface area contributed by atoms with E-state index in [0.29, 0.717) is 12.0 Å². The Morgan fingerprint density at radius 1 is 1.16 bits per heavy atom. The molecule has 2 rings (SSSR count). The number of hydrazine groups is 1. The molecule has 2 nitrogen and oxygen atoms in total. The first-order chi connectivity index (χ1) is 9.24. The fourth-order valence-corrected chi connectivity index (χ4v) is 3.30. The summed E-state index contributed by atoms with van der Waals surface area (Å²) in [6.45, 7) is 4.59. The molecule has 0 aromatic heterocycles. The normalized spacial score (nSPS) is 25.2. The molecule has 0 spiro atoms. The Labute approximate surface area is 117 Å². The lowest BCUT2D eigenvalue weighted by molar-refractivity contribution is 0.232. The maximum Gasteiger partial charge on any atom is 0.0488 e. The molecule has 3 N–H and O–H groups in total. The maximum atomic E-state index is 5.82. The number of aryl methyl sites for hydroxylation is 1. The minimum absolute atomic E-state index is 0.322. The molecule has 1 unspecified atom stereocenters. The number of rotatable bonds is 5. The van der Waals surface area contributed by atoms with Crippen LogP contribution in [0.15, 0.2) is 24.3 Å². The van der Waals surface area contributed by atoms with Crippen LogP contribution in [0.5, 0.6) is 0 Å². The molecule has 1 aliphatic rings. The van der Waals surface area contributed by atoms with Gasteiger partial charge >= 0.3 is 0 Å². The van der Waals surface area contributed by atoms with Crippen molar-refractivity contribution in [3.8, 4) is 0 Å². The van der Waals surface area contributed by atoms with Crippen LogP contribution in [0.4, 0.5) is 0 Å². The summed E-state index contributed by atoms with van der Waals surface area (Å²) in [5, 5.41) is 0. The second kappa shape index (κ2) is 7.06. The van der Waals surface area contributed by atoms with Gasteiger partial charge in [-0.25, -0.2) is 0 Å². The van der Waals surface area contributed by atoms with E-state index in [1.54, 1.807) is 0 Å². The van der Waals surface area contributed by atoms with Crippen LogP contribution in [0.2, 0.25) is 0 Å². The van der Waals surface area contributed by atoms with Crippen molar-refractivity contribution in [3.05, 3.63) is 35.4 Å². The van der Waals surface area contributed by atoms with Gasteiger partial charge in [0.15, 0.2) is 0 Å². The fourth-order valence-electron chi connectivity index (χ4n) is 3.30. The van der Waals surface area contributed by atoms with Gasteiger partial charge in [-0.1, -0.05) is 57.4 Å². The SMILES string of the molecule is CCCc1ccc(C(NN)C2CCC(C)CC2)cc1. The van der Waals surface area contributed by atoms with Crippen molar-refractivity contribution in [2.45, 2.75) is 58.4 Å². The average molecular weight is 260 g/mol. The van der Waals surface area contributed by atoms with E-state index in [4.69, 9.17) is 5.84 Å². The highest BCUT2D eigenvalue weighted by molar-refractivity contribution is 5.25. The molecule has 1 aromatic carbocycles. The number of hydrogen-bond donors (Lipinski definition) is 2. The van der Waals surface area contributed by atoms with Gasteiger partial charge in [0, 0.05) is 6.04 Å². The van der Waals surface area contributed by atoms with Crippen LogP contribution in [-0.2, 0) is 6.42 Å². The van der Waals surface area contributed by atoms with Crippen molar-refractivity contribution in [1.82, 2.24) is 5.43 Å². The molecule has 2 heteroatoms. The van der Waals surface area contributed by atoms with E-state index in [1.165, 1.54) is 49.7 Å². The number of nitrogens with two attached hydrogens (primary N) is 1. The highest BCUT2D eigenvalue weighted by Crippen LogP contribution is 2.36. The van der Waals surface area contributed by atoms with E-state index in [9.17, 15) is 0 Å². The van der Waals surface area contributed by atoms with Crippen LogP contribution in [-0.4, -0.2) is 0 Å². The monoisotopic (exact) mass is 260 g/mol. The summed E-state index contributed by atoms with van der Waals surface area (Å²) in [5.74, 6) is 7.40. The molecule has 0 amide bonds. The molecule has 0 radical (unpaired) electrons. The van der Waals surface area contributed by atoms with Crippen molar-refractivity contribution < 1.29 is 0 Å². The topological polar surface area (TPSA) is 38.0 Å². The average Bonchev–Trinajstić information content (AvgIpc) is 2.44. The third-order valence-electron chi connectivity index (χ3n) is 4.59. The van der Waals surface area contributed by atoms with E-state index < -0.39 is 0 Å². The largest absolute Gasteiger partial charge is 0.271 e. The van der Waals surface area contributed by atoms with Gasteiger partial charge < -0.3 is 0 Å². The molecule has 1 aromatic rings. The summed E-state index contributed by atoms with van der Waals surface area (Å²) in [7, 11) is 0. The third-order valence-corrected chi connectivity index (χ3v) is 4.59. The van der Waals surface area contributed by atoms with Crippen LogP contribution in [0.25, 0.3) is 0 Å². The zero-order valence-electron chi connectivity index (χ0n) is 12.4. The molecule has 0 heterocycles.